The Kier molecular flexibility index (Phi) is 7.63. The minimum Gasteiger partial charge on any atom is -0.466 e. The first kappa shape index (κ1) is 20.2. The third kappa shape index (κ3) is 7.37. The van der Waals surface area contributed by atoms with Crippen molar-refractivity contribution in [1.29, 1.82) is 0 Å². The fraction of sp³-hybridized carbons (Fsp3) is 0.222. The molecular weight excluding hydrogens is 375 g/mol. The number of benzene rings is 1. The molecule has 0 fully saturated rings. The number of hydrogen-bond donors (Lipinski definition) is 1. The van der Waals surface area contributed by atoms with Gasteiger partial charge in [0.25, 0.3) is 5.91 Å². The molecule has 2 rings (SSSR count). The van der Waals surface area contributed by atoms with Gasteiger partial charge in [-0.1, -0.05) is 12.1 Å². The monoisotopic (exact) mass is 392 g/mol. The van der Waals surface area contributed by atoms with E-state index in [0.717, 1.165) is 17.4 Å². The molecule has 0 saturated heterocycles. The van der Waals surface area contributed by atoms with Gasteiger partial charge in [0.1, 0.15) is 5.82 Å². The van der Waals surface area contributed by atoms with Crippen LogP contribution in [0, 0.1) is 5.82 Å². The van der Waals surface area contributed by atoms with E-state index in [4.69, 9.17) is 9.47 Å². The quantitative estimate of drug-likeness (QED) is 0.548. The number of hydrogen-bond acceptors (Lipinski definition) is 7. The van der Waals surface area contributed by atoms with Crippen molar-refractivity contribution in [2.75, 3.05) is 18.5 Å². The highest BCUT2D eigenvalue weighted by molar-refractivity contribution is 7.13. The van der Waals surface area contributed by atoms with Gasteiger partial charge < -0.3 is 9.47 Å². The molecule has 0 aliphatic heterocycles. The normalized spacial score (nSPS) is 10.6. The number of aromatic nitrogens is 1. The largest absolute Gasteiger partial charge is 0.466 e. The number of thiazole rings is 1. The van der Waals surface area contributed by atoms with Crippen molar-refractivity contribution in [1.82, 2.24) is 4.98 Å². The number of nitrogens with zero attached hydrogens (tertiary/aromatic N) is 1. The molecule has 9 heteroatoms. The molecule has 1 aromatic heterocycles. The average Bonchev–Trinajstić information content (AvgIpc) is 3.05. The van der Waals surface area contributed by atoms with E-state index >= 15 is 0 Å². The van der Waals surface area contributed by atoms with Crippen molar-refractivity contribution in [3.8, 4) is 0 Å². The van der Waals surface area contributed by atoms with Gasteiger partial charge in [0.2, 0.25) is 0 Å². The maximum absolute atomic E-state index is 13.0. The summed E-state index contributed by atoms with van der Waals surface area (Å²) in [5, 5.41) is 4.38. The summed E-state index contributed by atoms with van der Waals surface area (Å²) in [6.07, 6.45) is 2.49. The molecule has 0 bridgehead atoms. The lowest BCUT2D eigenvalue weighted by atomic mass is 10.2. The van der Waals surface area contributed by atoms with Crippen molar-refractivity contribution in [2.24, 2.45) is 0 Å². The summed E-state index contributed by atoms with van der Waals surface area (Å²) in [7, 11) is 0. The number of nitrogens with one attached hydrogen (secondary N) is 1. The van der Waals surface area contributed by atoms with Gasteiger partial charge in [0.05, 0.1) is 18.7 Å². The van der Waals surface area contributed by atoms with E-state index < -0.39 is 30.3 Å². The number of anilines is 1. The molecule has 0 radical (unpaired) electrons. The molecule has 0 aliphatic carbocycles. The van der Waals surface area contributed by atoms with E-state index in [-0.39, 0.29) is 18.2 Å². The van der Waals surface area contributed by atoms with Crippen LogP contribution in [-0.2, 0) is 30.3 Å². The van der Waals surface area contributed by atoms with Gasteiger partial charge in [0, 0.05) is 11.5 Å². The van der Waals surface area contributed by atoms with E-state index in [1.807, 2.05) is 0 Å². The average molecular weight is 392 g/mol. The van der Waals surface area contributed by atoms with Crippen LogP contribution in [0.4, 0.5) is 9.52 Å². The van der Waals surface area contributed by atoms with Crippen molar-refractivity contribution in [2.45, 2.75) is 13.3 Å². The van der Waals surface area contributed by atoms with E-state index in [0.29, 0.717) is 11.3 Å². The zero-order valence-electron chi connectivity index (χ0n) is 14.4. The minimum atomic E-state index is -0.739. The zero-order chi connectivity index (χ0) is 19.6. The van der Waals surface area contributed by atoms with Crippen LogP contribution in [0.25, 0.3) is 6.08 Å². The summed E-state index contributed by atoms with van der Waals surface area (Å²) in [5.41, 5.74) is 0.970. The van der Waals surface area contributed by atoms with Crippen LogP contribution in [0.1, 0.15) is 18.2 Å². The van der Waals surface area contributed by atoms with Gasteiger partial charge >= 0.3 is 11.9 Å². The second kappa shape index (κ2) is 10.2. The molecular formula is C18H17FN2O5S. The summed E-state index contributed by atoms with van der Waals surface area (Å²) in [6.45, 7) is 1.49. The molecule has 0 saturated carbocycles. The molecule has 142 valence electrons. The topological polar surface area (TPSA) is 94.6 Å². The molecule has 0 unspecified atom stereocenters. The van der Waals surface area contributed by atoms with Crippen LogP contribution in [-0.4, -0.2) is 36.0 Å². The highest BCUT2D eigenvalue weighted by Crippen LogP contribution is 2.16. The molecule has 0 atom stereocenters. The van der Waals surface area contributed by atoms with Crippen molar-refractivity contribution < 1.29 is 28.2 Å². The van der Waals surface area contributed by atoms with Crippen LogP contribution in [0.3, 0.4) is 0 Å². The number of esters is 2. The van der Waals surface area contributed by atoms with Crippen LogP contribution in [0.5, 0.6) is 0 Å². The lowest BCUT2D eigenvalue weighted by Crippen LogP contribution is -2.20. The van der Waals surface area contributed by atoms with E-state index in [9.17, 15) is 18.8 Å². The van der Waals surface area contributed by atoms with Crippen LogP contribution >= 0.6 is 11.3 Å². The maximum Gasteiger partial charge on any atom is 0.331 e. The van der Waals surface area contributed by atoms with Gasteiger partial charge in [-0.2, -0.15) is 0 Å². The third-order valence-electron chi connectivity index (χ3n) is 3.03. The number of halogens is 1. The molecule has 0 aliphatic rings. The van der Waals surface area contributed by atoms with E-state index in [1.54, 1.807) is 18.4 Å². The fourth-order valence-electron chi connectivity index (χ4n) is 1.92. The summed E-state index contributed by atoms with van der Waals surface area (Å²) in [6, 6.07) is 5.68. The summed E-state index contributed by atoms with van der Waals surface area (Å²) in [4.78, 5) is 38.8. The predicted molar refractivity (Wildman–Crippen MR) is 97.5 cm³/mol. The van der Waals surface area contributed by atoms with Gasteiger partial charge in [-0.25, -0.2) is 14.2 Å². The molecule has 1 amide bonds. The summed E-state index contributed by atoms with van der Waals surface area (Å²) >= 11 is 1.14. The number of amides is 1. The Morgan fingerprint density at radius 2 is 2.11 bits per heavy atom. The second-order valence-corrected chi connectivity index (χ2v) is 6.03. The molecule has 0 spiro atoms. The summed E-state index contributed by atoms with van der Waals surface area (Å²) in [5.74, 6) is -2.13. The van der Waals surface area contributed by atoms with Crippen LogP contribution in [0.2, 0.25) is 0 Å². The first-order valence-electron chi connectivity index (χ1n) is 7.96. The standard InChI is InChI=1S/C18H17FN2O5S/c1-2-25-17(24)9-14-11-27-18(20-14)21-15(22)10-26-16(23)7-6-12-4-3-5-13(19)8-12/h3-8,11H,2,9-10H2,1H3,(H,20,21,22)/b7-6+. The third-order valence-corrected chi connectivity index (χ3v) is 3.84. The lowest BCUT2D eigenvalue weighted by molar-refractivity contribution is -0.142. The Hall–Kier alpha value is -3.07. The number of carbonyl (C=O) groups excluding carboxylic acids is 3. The molecule has 1 aromatic carbocycles. The number of carbonyl (C=O) groups is 3. The lowest BCUT2D eigenvalue weighted by Gasteiger charge is -2.02. The number of rotatable bonds is 8. The first-order chi connectivity index (χ1) is 13.0. The smallest absolute Gasteiger partial charge is 0.331 e. The Labute approximate surface area is 158 Å². The highest BCUT2D eigenvalue weighted by Gasteiger charge is 2.11. The molecule has 7 nitrogen and oxygen atoms in total. The highest BCUT2D eigenvalue weighted by atomic mass is 32.1. The van der Waals surface area contributed by atoms with Crippen molar-refractivity contribution in [3.63, 3.8) is 0 Å². The molecule has 1 N–H and O–H groups in total. The van der Waals surface area contributed by atoms with Crippen LogP contribution < -0.4 is 5.32 Å². The predicted octanol–water partition coefficient (Wildman–Crippen LogP) is 2.58. The zero-order valence-corrected chi connectivity index (χ0v) is 15.3. The van der Waals surface area contributed by atoms with Crippen LogP contribution in [0.15, 0.2) is 35.7 Å². The first-order valence-corrected chi connectivity index (χ1v) is 8.84. The summed E-state index contributed by atoms with van der Waals surface area (Å²) < 4.78 is 22.6. The van der Waals surface area contributed by atoms with E-state index in [1.165, 1.54) is 24.3 Å². The van der Waals surface area contributed by atoms with Crippen molar-refractivity contribution >= 4 is 40.4 Å². The van der Waals surface area contributed by atoms with Gasteiger partial charge in [0.15, 0.2) is 11.7 Å². The Morgan fingerprint density at radius 1 is 1.30 bits per heavy atom. The second-order valence-electron chi connectivity index (χ2n) is 5.17. The minimum absolute atomic E-state index is 0.0140. The maximum atomic E-state index is 13.0. The van der Waals surface area contributed by atoms with Crippen molar-refractivity contribution in [3.05, 3.63) is 52.8 Å². The molecule has 27 heavy (non-hydrogen) atoms. The SMILES string of the molecule is CCOC(=O)Cc1csc(NC(=O)COC(=O)/C=C/c2cccc(F)c2)n1. The van der Waals surface area contributed by atoms with Gasteiger partial charge in [-0.15, -0.1) is 11.3 Å². The Morgan fingerprint density at radius 3 is 2.85 bits per heavy atom. The van der Waals surface area contributed by atoms with Gasteiger partial charge in [-0.05, 0) is 30.7 Å². The molecule has 1 heterocycles. The number of ether oxygens (including phenoxy) is 2. The Balaban J connectivity index is 1.76. The van der Waals surface area contributed by atoms with E-state index in [2.05, 4.69) is 10.3 Å². The fourth-order valence-corrected chi connectivity index (χ4v) is 2.65. The molecule has 2 aromatic rings. The van der Waals surface area contributed by atoms with Gasteiger partial charge in [-0.3, -0.25) is 14.9 Å². The Bertz CT molecular complexity index is 850.